The third kappa shape index (κ3) is 3.70. The highest BCUT2D eigenvalue weighted by atomic mass is 19.1. The Morgan fingerprint density at radius 2 is 2.25 bits per heavy atom. The molecule has 4 heteroatoms. The van der Waals surface area contributed by atoms with E-state index in [2.05, 4.69) is 5.32 Å². The average molecular weight is 226 g/mol. The van der Waals surface area contributed by atoms with Gasteiger partial charge in [0.1, 0.15) is 19.0 Å². The van der Waals surface area contributed by atoms with Crippen molar-refractivity contribution in [3.63, 3.8) is 0 Å². The minimum absolute atomic E-state index is 0.0866. The summed E-state index contributed by atoms with van der Waals surface area (Å²) in [4.78, 5) is 0. The number of benzene rings is 1. The number of hydrogen-bond donors (Lipinski definition) is 2. The molecule has 0 aliphatic carbocycles. The normalized spacial score (nSPS) is 12.2. The minimum Gasteiger partial charge on any atom is -0.491 e. The van der Waals surface area contributed by atoms with E-state index in [0.29, 0.717) is 5.75 Å². The smallest absolute Gasteiger partial charge is 0.123 e. The Hall–Kier alpha value is -1.29. The molecule has 3 N–H and O–H groups in total. The lowest BCUT2D eigenvalue weighted by atomic mass is 10.1. The van der Waals surface area contributed by atoms with Crippen LogP contribution < -0.4 is 15.8 Å². The van der Waals surface area contributed by atoms with Gasteiger partial charge in [-0.1, -0.05) is 0 Å². The Morgan fingerprint density at radius 1 is 1.50 bits per heavy atom. The first-order chi connectivity index (χ1) is 7.67. The molecule has 0 bridgehead atoms. The lowest BCUT2D eigenvalue weighted by molar-refractivity contribution is 0.273. The highest BCUT2D eigenvalue weighted by molar-refractivity contribution is 5.54. The van der Waals surface area contributed by atoms with Crippen LogP contribution in [0.25, 0.3) is 0 Å². The molecular formula is C12H19FN2O. The summed E-state index contributed by atoms with van der Waals surface area (Å²) >= 11 is 0. The summed E-state index contributed by atoms with van der Waals surface area (Å²) in [5.74, 6) is 0.687. The Morgan fingerprint density at radius 3 is 2.81 bits per heavy atom. The van der Waals surface area contributed by atoms with Gasteiger partial charge in [0.05, 0.1) is 0 Å². The molecule has 0 aliphatic rings. The van der Waals surface area contributed by atoms with E-state index in [0.717, 1.165) is 17.7 Å². The lowest BCUT2D eigenvalue weighted by Crippen LogP contribution is -2.18. The summed E-state index contributed by atoms with van der Waals surface area (Å²) in [5, 5.41) is 3.10. The van der Waals surface area contributed by atoms with Crippen LogP contribution in [0, 0.1) is 0 Å². The average Bonchev–Trinajstić information content (AvgIpc) is 2.26. The minimum atomic E-state index is -0.476. The number of rotatable bonds is 6. The molecule has 0 spiro atoms. The fourth-order valence-corrected chi connectivity index (χ4v) is 1.58. The molecule has 1 aromatic carbocycles. The van der Waals surface area contributed by atoms with Crippen molar-refractivity contribution in [2.24, 2.45) is 5.73 Å². The second-order valence-electron chi connectivity index (χ2n) is 3.79. The van der Waals surface area contributed by atoms with Crippen LogP contribution in [-0.4, -0.2) is 26.4 Å². The fraction of sp³-hybridized carbons (Fsp3) is 0.500. The maximum atomic E-state index is 12.0. The van der Waals surface area contributed by atoms with Crippen molar-refractivity contribution in [3.8, 4) is 5.75 Å². The Kier molecular flexibility index (Phi) is 5.05. The molecule has 1 atom stereocenters. The predicted molar refractivity (Wildman–Crippen MR) is 64.8 cm³/mol. The molecule has 0 aliphatic heterocycles. The van der Waals surface area contributed by atoms with Gasteiger partial charge in [-0.25, -0.2) is 4.39 Å². The number of hydrogen-bond acceptors (Lipinski definition) is 3. The third-order valence-corrected chi connectivity index (χ3v) is 2.23. The van der Waals surface area contributed by atoms with Crippen LogP contribution in [0.4, 0.5) is 10.1 Å². The molecule has 0 heterocycles. The maximum Gasteiger partial charge on any atom is 0.123 e. The quantitative estimate of drug-likeness (QED) is 0.779. The summed E-state index contributed by atoms with van der Waals surface area (Å²) in [6, 6.07) is 5.74. The van der Waals surface area contributed by atoms with Crippen LogP contribution in [0.15, 0.2) is 18.2 Å². The molecule has 1 unspecified atom stereocenters. The van der Waals surface area contributed by atoms with Gasteiger partial charge in [-0.2, -0.15) is 0 Å². The highest BCUT2D eigenvalue weighted by Crippen LogP contribution is 2.23. The third-order valence-electron chi connectivity index (χ3n) is 2.23. The van der Waals surface area contributed by atoms with Crippen LogP contribution in [0.3, 0.4) is 0 Å². The highest BCUT2D eigenvalue weighted by Gasteiger charge is 2.06. The van der Waals surface area contributed by atoms with E-state index in [9.17, 15) is 4.39 Å². The van der Waals surface area contributed by atoms with Gasteiger partial charge >= 0.3 is 0 Å². The van der Waals surface area contributed by atoms with E-state index in [1.807, 2.05) is 32.2 Å². The van der Waals surface area contributed by atoms with Crippen LogP contribution in [0.2, 0.25) is 0 Å². The fourth-order valence-electron chi connectivity index (χ4n) is 1.58. The maximum absolute atomic E-state index is 12.0. The SMILES string of the molecule is CNc1ccc(OCCF)cc1CC(C)N. The van der Waals surface area contributed by atoms with Gasteiger partial charge in [0.2, 0.25) is 0 Å². The second-order valence-corrected chi connectivity index (χ2v) is 3.79. The summed E-state index contributed by atoms with van der Waals surface area (Å²) in [5.41, 5.74) is 7.89. The molecule has 1 aromatic rings. The predicted octanol–water partition coefficient (Wildman–Crippen LogP) is 1.97. The van der Waals surface area contributed by atoms with Crippen molar-refractivity contribution < 1.29 is 9.13 Å². The zero-order valence-electron chi connectivity index (χ0n) is 9.79. The van der Waals surface area contributed by atoms with Crippen molar-refractivity contribution in [1.82, 2.24) is 0 Å². The summed E-state index contributed by atoms with van der Waals surface area (Å²) in [6.45, 7) is 1.57. The van der Waals surface area contributed by atoms with Crippen molar-refractivity contribution in [3.05, 3.63) is 23.8 Å². The first kappa shape index (κ1) is 12.8. The molecule has 1 rings (SSSR count). The Labute approximate surface area is 95.8 Å². The lowest BCUT2D eigenvalue weighted by Gasteiger charge is -2.13. The van der Waals surface area contributed by atoms with Crippen LogP contribution in [0.5, 0.6) is 5.75 Å². The van der Waals surface area contributed by atoms with Crippen LogP contribution in [0.1, 0.15) is 12.5 Å². The number of anilines is 1. The summed E-state index contributed by atoms with van der Waals surface area (Å²) in [6.07, 6.45) is 0.767. The van der Waals surface area contributed by atoms with Gasteiger partial charge in [-0.05, 0) is 37.1 Å². The van der Waals surface area contributed by atoms with Gasteiger partial charge in [0, 0.05) is 18.8 Å². The van der Waals surface area contributed by atoms with Crippen molar-refractivity contribution in [2.45, 2.75) is 19.4 Å². The first-order valence-corrected chi connectivity index (χ1v) is 5.42. The molecule has 0 fully saturated rings. The van der Waals surface area contributed by atoms with Gasteiger partial charge < -0.3 is 15.8 Å². The van der Waals surface area contributed by atoms with Crippen LogP contribution >= 0.6 is 0 Å². The van der Waals surface area contributed by atoms with Crippen molar-refractivity contribution >= 4 is 5.69 Å². The van der Waals surface area contributed by atoms with E-state index in [4.69, 9.17) is 10.5 Å². The van der Waals surface area contributed by atoms with E-state index < -0.39 is 6.67 Å². The van der Waals surface area contributed by atoms with E-state index >= 15 is 0 Å². The second kappa shape index (κ2) is 6.33. The molecule has 0 aromatic heterocycles. The van der Waals surface area contributed by atoms with Crippen molar-refractivity contribution in [1.29, 1.82) is 0 Å². The Balaban J connectivity index is 2.83. The molecule has 0 saturated heterocycles. The molecular weight excluding hydrogens is 207 g/mol. The number of nitrogens with one attached hydrogen (secondary N) is 1. The standard InChI is InChI=1S/C12H19FN2O/c1-9(14)7-10-8-11(16-6-5-13)3-4-12(10)15-2/h3-4,8-9,15H,5-7,14H2,1-2H3. The topological polar surface area (TPSA) is 47.3 Å². The molecule has 16 heavy (non-hydrogen) atoms. The summed E-state index contributed by atoms with van der Waals surface area (Å²) < 4.78 is 17.2. The van der Waals surface area contributed by atoms with Crippen molar-refractivity contribution in [2.75, 3.05) is 25.6 Å². The van der Waals surface area contributed by atoms with Gasteiger partial charge in [0.15, 0.2) is 0 Å². The molecule has 90 valence electrons. The van der Waals surface area contributed by atoms with Gasteiger partial charge in [-0.3, -0.25) is 0 Å². The zero-order valence-corrected chi connectivity index (χ0v) is 9.79. The molecule has 0 amide bonds. The number of alkyl halides is 1. The largest absolute Gasteiger partial charge is 0.491 e. The zero-order chi connectivity index (χ0) is 12.0. The molecule has 3 nitrogen and oxygen atoms in total. The molecule has 0 radical (unpaired) electrons. The monoisotopic (exact) mass is 226 g/mol. The first-order valence-electron chi connectivity index (χ1n) is 5.42. The van der Waals surface area contributed by atoms with Gasteiger partial charge in [0.25, 0.3) is 0 Å². The van der Waals surface area contributed by atoms with Crippen LogP contribution in [-0.2, 0) is 6.42 Å². The number of ether oxygens (including phenoxy) is 1. The van der Waals surface area contributed by atoms with E-state index in [-0.39, 0.29) is 12.6 Å². The van der Waals surface area contributed by atoms with Gasteiger partial charge in [-0.15, -0.1) is 0 Å². The van der Waals surface area contributed by atoms with E-state index in [1.165, 1.54) is 0 Å². The Bertz CT molecular complexity index is 329. The van der Waals surface area contributed by atoms with E-state index in [1.54, 1.807) is 0 Å². The molecule has 0 saturated carbocycles. The number of halogens is 1. The number of nitrogens with two attached hydrogens (primary N) is 1. The summed E-state index contributed by atoms with van der Waals surface area (Å²) in [7, 11) is 1.86.